The molecular formula is C24H23Cl2NO5S2. The summed E-state index contributed by atoms with van der Waals surface area (Å²) in [7, 11) is -6.62. The van der Waals surface area contributed by atoms with E-state index in [-0.39, 0.29) is 33.6 Å². The van der Waals surface area contributed by atoms with Crippen LogP contribution < -0.4 is 5.32 Å². The second-order valence-electron chi connectivity index (χ2n) is 7.52. The number of benzene rings is 3. The quantitative estimate of drug-likeness (QED) is 0.411. The molecule has 0 heterocycles. The molecule has 3 aromatic carbocycles. The van der Waals surface area contributed by atoms with Gasteiger partial charge in [0.05, 0.1) is 37.8 Å². The van der Waals surface area contributed by atoms with Gasteiger partial charge < -0.3 is 5.32 Å². The fraction of sp³-hybridized carbons (Fsp3) is 0.208. The Balaban J connectivity index is 1.75. The van der Waals surface area contributed by atoms with Gasteiger partial charge in [-0.25, -0.2) is 16.8 Å². The summed E-state index contributed by atoms with van der Waals surface area (Å²) in [4.78, 5) is 12.9. The van der Waals surface area contributed by atoms with E-state index in [9.17, 15) is 21.6 Å². The molecule has 1 N–H and O–H groups in total. The molecule has 0 spiro atoms. The van der Waals surface area contributed by atoms with Crippen molar-refractivity contribution in [2.24, 2.45) is 0 Å². The molecular weight excluding hydrogens is 517 g/mol. The molecule has 34 heavy (non-hydrogen) atoms. The Morgan fingerprint density at radius 2 is 1.21 bits per heavy atom. The van der Waals surface area contributed by atoms with E-state index in [0.717, 1.165) is 0 Å². The lowest BCUT2D eigenvalue weighted by atomic mass is 10.0. The fourth-order valence-corrected chi connectivity index (χ4v) is 5.76. The molecule has 0 bridgehead atoms. The van der Waals surface area contributed by atoms with Gasteiger partial charge in [-0.1, -0.05) is 61.3 Å². The van der Waals surface area contributed by atoms with Gasteiger partial charge in [0.1, 0.15) is 0 Å². The lowest BCUT2D eigenvalue weighted by Crippen LogP contribution is -2.14. The number of anilines is 1. The Labute approximate surface area is 209 Å². The maximum atomic E-state index is 12.5. The third-order valence-electron chi connectivity index (χ3n) is 5.24. The molecule has 10 heteroatoms. The van der Waals surface area contributed by atoms with Crippen molar-refractivity contribution in [1.29, 1.82) is 0 Å². The summed E-state index contributed by atoms with van der Waals surface area (Å²) < 4.78 is 47.9. The normalized spacial score (nSPS) is 11.9. The van der Waals surface area contributed by atoms with E-state index in [1.807, 2.05) is 0 Å². The number of hydrogen-bond donors (Lipinski definition) is 1. The van der Waals surface area contributed by atoms with Crippen molar-refractivity contribution in [3.63, 3.8) is 0 Å². The highest BCUT2D eigenvalue weighted by Crippen LogP contribution is 2.37. The third-order valence-corrected chi connectivity index (χ3v) is 9.33. The zero-order valence-electron chi connectivity index (χ0n) is 18.5. The summed E-state index contributed by atoms with van der Waals surface area (Å²) in [5, 5.41) is 3.33. The van der Waals surface area contributed by atoms with Crippen LogP contribution >= 0.6 is 23.2 Å². The molecule has 0 radical (unpaired) electrons. The highest BCUT2D eigenvalue weighted by molar-refractivity contribution is 7.91. The summed E-state index contributed by atoms with van der Waals surface area (Å²) in [5.74, 6) is -0.309. The zero-order valence-corrected chi connectivity index (χ0v) is 21.7. The van der Waals surface area contributed by atoms with E-state index in [1.54, 1.807) is 50.2 Å². The Kier molecular flexibility index (Phi) is 8.08. The lowest BCUT2D eigenvalue weighted by Gasteiger charge is -2.12. The monoisotopic (exact) mass is 539 g/mol. The largest absolute Gasteiger partial charge is 0.326 e. The first-order chi connectivity index (χ1) is 16.0. The third kappa shape index (κ3) is 5.99. The van der Waals surface area contributed by atoms with Crippen molar-refractivity contribution in [3.8, 4) is 11.1 Å². The van der Waals surface area contributed by atoms with Gasteiger partial charge in [0.2, 0.25) is 5.91 Å². The van der Waals surface area contributed by atoms with E-state index < -0.39 is 19.7 Å². The first-order valence-corrected chi connectivity index (χ1v) is 14.5. The van der Waals surface area contributed by atoms with Crippen molar-refractivity contribution >= 4 is 54.5 Å². The molecule has 0 aliphatic carbocycles. The Morgan fingerprint density at radius 1 is 0.765 bits per heavy atom. The summed E-state index contributed by atoms with van der Waals surface area (Å²) >= 11 is 12.9. The van der Waals surface area contributed by atoms with Crippen molar-refractivity contribution in [1.82, 2.24) is 0 Å². The maximum absolute atomic E-state index is 12.5. The van der Waals surface area contributed by atoms with Gasteiger partial charge in [-0.2, -0.15) is 0 Å². The SMILES string of the molecule is CCS(=O)(=O)c1ccc(CC(=O)Nc2cc(Cl)c(-c3ccc(S(=O)(=O)CC)cc3)c(Cl)c2)cc1. The van der Waals surface area contributed by atoms with Crippen LogP contribution in [-0.2, 0) is 30.9 Å². The summed E-state index contributed by atoms with van der Waals surface area (Å²) in [6.45, 7) is 3.15. The molecule has 6 nitrogen and oxygen atoms in total. The number of carbonyl (C=O) groups is 1. The van der Waals surface area contributed by atoms with Crippen LogP contribution in [0.3, 0.4) is 0 Å². The molecule has 0 fully saturated rings. The van der Waals surface area contributed by atoms with E-state index >= 15 is 0 Å². The van der Waals surface area contributed by atoms with Gasteiger partial charge in [0, 0.05) is 11.3 Å². The van der Waals surface area contributed by atoms with Crippen LogP contribution in [0, 0.1) is 0 Å². The second-order valence-corrected chi connectivity index (χ2v) is 12.9. The summed E-state index contributed by atoms with van der Waals surface area (Å²) in [6, 6.07) is 15.6. The number of nitrogens with one attached hydrogen (secondary N) is 1. The molecule has 1 amide bonds. The van der Waals surface area contributed by atoms with Crippen LogP contribution in [0.1, 0.15) is 19.4 Å². The molecule has 0 saturated carbocycles. The van der Waals surface area contributed by atoms with Crippen LogP contribution in [0.4, 0.5) is 5.69 Å². The van der Waals surface area contributed by atoms with Crippen LogP contribution in [-0.4, -0.2) is 34.2 Å². The van der Waals surface area contributed by atoms with Crippen LogP contribution in [0.15, 0.2) is 70.5 Å². The number of amides is 1. The molecule has 0 aromatic heterocycles. The van der Waals surface area contributed by atoms with Gasteiger partial charge in [0.25, 0.3) is 0 Å². The molecule has 3 aromatic rings. The van der Waals surface area contributed by atoms with E-state index in [4.69, 9.17) is 23.2 Å². The van der Waals surface area contributed by atoms with Gasteiger partial charge in [-0.05, 0) is 47.5 Å². The molecule has 0 unspecified atom stereocenters. The van der Waals surface area contributed by atoms with Crippen molar-refractivity contribution in [3.05, 3.63) is 76.3 Å². The van der Waals surface area contributed by atoms with Gasteiger partial charge in [-0.3, -0.25) is 4.79 Å². The van der Waals surface area contributed by atoms with Gasteiger partial charge in [-0.15, -0.1) is 0 Å². The number of carbonyl (C=O) groups excluding carboxylic acids is 1. The standard InChI is InChI=1S/C24H23Cl2NO5S2/c1-3-33(29,30)19-9-5-16(6-10-19)13-23(28)27-18-14-21(25)24(22(26)15-18)17-7-11-20(12-8-17)34(31,32)4-2/h5-12,14-15H,3-4,13H2,1-2H3,(H,27,28). The zero-order chi connectivity index (χ0) is 25.1. The highest BCUT2D eigenvalue weighted by atomic mass is 35.5. The van der Waals surface area contributed by atoms with Crippen LogP contribution in [0.25, 0.3) is 11.1 Å². The maximum Gasteiger partial charge on any atom is 0.228 e. The number of halogens is 2. The molecule has 0 aliphatic rings. The van der Waals surface area contributed by atoms with E-state index in [2.05, 4.69) is 5.32 Å². The predicted molar refractivity (Wildman–Crippen MR) is 136 cm³/mol. The Bertz CT molecular complexity index is 1390. The van der Waals surface area contributed by atoms with E-state index in [0.29, 0.717) is 32.4 Å². The van der Waals surface area contributed by atoms with Crippen LogP contribution in [0.5, 0.6) is 0 Å². The van der Waals surface area contributed by atoms with Crippen LogP contribution in [0.2, 0.25) is 10.0 Å². The predicted octanol–water partition coefficient (Wildman–Crippen LogP) is 5.43. The average Bonchev–Trinajstić information content (AvgIpc) is 2.79. The molecule has 0 saturated heterocycles. The topological polar surface area (TPSA) is 97.4 Å². The first kappa shape index (κ1) is 26.2. The summed E-state index contributed by atoms with van der Waals surface area (Å²) in [5.41, 5.74) is 2.22. The minimum absolute atomic E-state index is 0.00420. The summed E-state index contributed by atoms with van der Waals surface area (Å²) in [6.07, 6.45) is 0.0385. The minimum atomic E-state index is -3.32. The number of rotatable bonds is 8. The number of sulfone groups is 2. The van der Waals surface area contributed by atoms with E-state index in [1.165, 1.54) is 24.3 Å². The number of hydrogen-bond acceptors (Lipinski definition) is 5. The first-order valence-electron chi connectivity index (χ1n) is 10.4. The van der Waals surface area contributed by atoms with Gasteiger partial charge >= 0.3 is 0 Å². The Hall–Kier alpha value is -2.39. The highest BCUT2D eigenvalue weighted by Gasteiger charge is 2.16. The second kappa shape index (κ2) is 10.5. The molecule has 3 rings (SSSR count). The van der Waals surface area contributed by atoms with Crippen molar-refractivity contribution < 1.29 is 21.6 Å². The fourth-order valence-electron chi connectivity index (χ4n) is 3.29. The molecule has 0 aliphatic heterocycles. The average molecular weight is 540 g/mol. The molecule has 0 atom stereocenters. The van der Waals surface area contributed by atoms with Gasteiger partial charge in [0.15, 0.2) is 19.7 Å². The van der Waals surface area contributed by atoms with Crippen molar-refractivity contribution in [2.75, 3.05) is 16.8 Å². The Morgan fingerprint density at radius 3 is 1.65 bits per heavy atom. The minimum Gasteiger partial charge on any atom is -0.326 e. The van der Waals surface area contributed by atoms with Crippen molar-refractivity contribution in [2.45, 2.75) is 30.1 Å². The lowest BCUT2D eigenvalue weighted by molar-refractivity contribution is -0.115. The molecule has 180 valence electrons. The smallest absolute Gasteiger partial charge is 0.228 e.